The summed E-state index contributed by atoms with van der Waals surface area (Å²) in [4.78, 5) is 84.8. The minimum atomic E-state index is -1.07. The second kappa shape index (κ2) is 29.2. The Kier molecular flexibility index (Phi) is 24.6. The number of benzene rings is 2. The second-order valence-electron chi connectivity index (χ2n) is 15.0. The number of nitrogens with one attached hydrogen (secondary N) is 5. The Morgan fingerprint density at radius 3 is 1.89 bits per heavy atom. The number of amides is 6. The lowest BCUT2D eigenvalue weighted by Gasteiger charge is -2.25. The number of non-ortho nitro benzene ring substituents is 1. The van der Waals surface area contributed by atoms with E-state index in [0.29, 0.717) is 50.8 Å². The van der Waals surface area contributed by atoms with Crippen molar-refractivity contribution >= 4 is 47.4 Å². The topological polar surface area (TPSA) is 296 Å². The van der Waals surface area contributed by atoms with Gasteiger partial charge in [0.1, 0.15) is 30.0 Å². The molecule has 350 valence electrons. The Hall–Kier alpha value is -6.10. The average Bonchev–Trinajstić information content (AvgIpc) is 3.21. The largest absolute Gasteiger partial charge is 0.514 e. The predicted molar refractivity (Wildman–Crippen MR) is 227 cm³/mol. The molecule has 0 heterocycles. The van der Waals surface area contributed by atoms with Crippen molar-refractivity contribution in [3.8, 4) is 5.75 Å². The molecular weight excluding hydrogens is 830 g/mol. The first-order chi connectivity index (χ1) is 29.9. The van der Waals surface area contributed by atoms with Crippen molar-refractivity contribution in [2.24, 2.45) is 11.7 Å². The molecule has 63 heavy (non-hydrogen) atoms. The van der Waals surface area contributed by atoms with E-state index in [-0.39, 0.29) is 69.6 Å². The SMILES string of the molecule is CC(C)[C@H](NC(=O)CCOCCOCCOCCOCCNC(=O)OC(C)(C)C)C(=O)N[C@@H](CCCNC(N)=O)C(=O)Nc1ccc(COC(=O)Oc2ccc([N+](=O)[O-])cc2)cc1. The van der Waals surface area contributed by atoms with Gasteiger partial charge in [0.05, 0.1) is 57.8 Å². The predicted octanol–water partition coefficient (Wildman–Crippen LogP) is 3.30. The van der Waals surface area contributed by atoms with Gasteiger partial charge in [-0.25, -0.2) is 14.4 Å². The average molecular weight is 892 g/mol. The summed E-state index contributed by atoms with van der Waals surface area (Å²) in [5, 5.41) is 24.0. The number of urea groups is 1. The summed E-state index contributed by atoms with van der Waals surface area (Å²) in [7, 11) is 0. The number of nitrogens with zero attached hydrogens (tertiary/aromatic N) is 1. The molecule has 0 aliphatic carbocycles. The molecule has 2 atom stereocenters. The highest BCUT2D eigenvalue weighted by Gasteiger charge is 2.29. The lowest BCUT2D eigenvalue weighted by Crippen LogP contribution is -2.54. The molecule has 2 aromatic carbocycles. The Morgan fingerprint density at radius 2 is 1.33 bits per heavy atom. The van der Waals surface area contributed by atoms with Gasteiger partial charge in [0.15, 0.2) is 0 Å². The minimum Gasteiger partial charge on any atom is -0.444 e. The van der Waals surface area contributed by atoms with E-state index in [1.54, 1.807) is 58.9 Å². The molecular formula is C41H61N7O15. The number of carbonyl (C=O) groups is 6. The molecule has 0 aliphatic heterocycles. The molecule has 6 amide bonds. The fourth-order valence-electron chi connectivity index (χ4n) is 5.11. The summed E-state index contributed by atoms with van der Waals surface area (Å²) in [5.74, 6) is -1.88. The third-order valence-electron chi connectivity index (χ3n) is 8.20. The molecule has 7 N–H and O–H groups in total. The van der Waals surface area contributed by atoms with Crippen LogP contribution >= 0.6 is 0 Å². The van der Waals surface area contributed by atoms with E-state index in [9.17, 15) is 38.9 Å². The number of nitro benzene ring substituents is 1. The van der Waals surface area contributed by atoms with Gasteiger partial charge >= 0.3 is 18.3 Å². The van der Waals surface area contributed by atoms with E-state index in [4.69, 9.17) is 38.9 Å². The van der Waals surface area contributed by atoms with E-state index < -0.39 is 58.6 Å². The molecule has 0 spiro atoms. The Morgan fingerprint density at radius 1 is 0.746 bits per heavy atom. The molecule has 0 fully saturated rings. The highest BCUT2D eigenvalue weighted by atomic mass is 16.7. The Bertz CT molecular complexity index is 1740. The fourth-order valence-corrected chi connectivity index (χ4v) is 5.11. The maximum absolute atomic E-state index is 13.5. The summed E-state index contributed by atoms with van der Waals surface area (Å²) < 4.78 is 37.1. The molecule has 0 bridgehead atoms. The van der Waals surface area contributed by atoms with Gasteiger partial charge in [0, 0.05) is 37.3 Å². The number of alkyl carbamates (subject to hydrolysis) is 1. The van der Waals surface area contributed by atoms with Crippen molar-refractivity contribution in [3.63, 3.8) is 0 Å². The molecule has 0 saturated heterocycles. The first-order valence-corrected chi connectivity index (χ1v) is 20.3. The van der Waals surface area contributed by atoms with E-state index >= 15 is 0 Å². The van der Waals surface area contributed by atoms with Crippen molar-refractivity contribution < 1.29 is 66.8 Å². The molecule has 2 aromatic rings. The third-order valence-corrected chi connectivity index (χ3v) is 8.20. The summed E-state index contributed by atoms with van der Waals surface area (Å²) in [6.45, 7) is 11.4. The number of nitro groups is 1. The van der Waals surface area contributed by atoms with Crippen LogP contribution < -0.4 is 37.1 Å². The number of primary amides is 1. The van der Waals surface area contributed by atoms with Gasteiger partial charge in [0.25, 0.3) is 5.69 Å². The summed E-state index contributed by atoms with van der Waals surface area (Å²) >= 11 is 0. The van der Waals surface area contributed by atoms with Crippen LogP contribution in [0.25, 0.3) is 0 Å². The van der Waals surface area contributed by atoms with Crippen LogP contribution in [-0.2, 0) is 49.4 Å². The van der Waals surface area contributed by atoms with Gasteiger partial charge in [-0.05, 0) is 69.4 Å². The number of rotatable bonds is 29. The molecule has 0 saturated carbocycles. The van der Waals surface area contributed by atoms with Gasteiger partial charge in [-0.15, -0.1) is 0 Å². The lowest BCUT2D eigenvalue weighted by atomic mass is 10.0. The first kappa shape index (κ1) is 53.0. The highest BCUT2D eigenvalue weighted by Crippen LogP contribution is 2.18. The number of hydrogen-bond donors (Lipinski definition) is 6. The maximum atomic E-state index is 13.5. The standard InChI is InChI=1S/C41H61N7O15/c1-28(2)35(47-34(49)16-19-57-21-23-59-25-26-60-24-22-58-20-18-44-39(53)63-41(3,4)5)37(51)46-33(7-6-17-43-38(42)52)36(50)45-30-10-8-29(9-11-30)27-61-40(54)62-32-14-12-31(13-15-32)48(55)56/h8-15,28,33,35H,6-7,16-27H2,1-5H3,(H,44,53)(H,45,50)(H,46,51)(H,47,49)(H3,42,43,52)/t33-,35-/m0/s1. The quantitative estimate of drug-likeness (QED) is 0.0225. The summed E-state index contributed by atoms with van der Waals surface area (Å²) in [6.07, 6.45) is -1.16. The monoisotopic (exact) mass is 891 g/mol. The van der Waals surface area contributed by atoms with Crippen LogP contribution in [0.2, 0.25) is 0 Å². The smallest absolute Gasteiger partial charge is 0.444 e. The molecule has 0 unspecified atom stereocenters. The molecule has 22 heteroatoms. The van der Waals surface area contributed by atoms with Crippen LogP contribution in [0.4, 0.5) is 25.8 Å². The van der Waals surface area contributed by atoms with Gasteiger partial charge < -0.3 is 65.5 Å². The van der Waals surface area contributed by atoms with Crippen LogP contribution in [0.15, 0.2) is 48.5 Å². The van der Waals surface area contributed by atoms with Crippen molar-refractivity contribution in [2.75, 3.05) is 71.3 Å². The number of ether oxygens (including phenoxy) is 7. The number of anilines is 1. The van der Waals surface area contributed by atoms with Crippen molar-refractivity contribution in [3.05, 3.63) is 64.2 Å². The number of nitrogens with two attached hydrogens (primary N) is 1. The van der Waals surface area contributed by atoms with Crippen LogP contribution in [-0.4, -0.2) is 125 Å². The fraction of sp³-hybridized carbons (Fsp3) is 0.561. The van der Waals surface area contributed by atoms with E-state index in [2.05, 4.69) is 26.6 Å². The van der Waals surface area contributed by atoms with E-state index in [0.717, 1.165) is 0 Å². The Balaban J connectivity index is 1.73. The molecule has 0 aromatic heterocycles. The van der Waals surface area contributed by atoms with Crippen LogP contribution in [0, 0.1) is 16.0 Å². The van der Waals surface area contributed by atoms with E-state index in [1.165, 1.54) is 24.3 Å². The van der Waals surface area contributed by atoms with Crippen molar-refractivity contribution in [1.82, 2.24) is 21.3 Å². The highest BCUT2D eigenvalue weighted by molar-refractivity contribution is 5.98. The molecule has 0 aliphatic rings. The zero-order valence-electron chi connectivity index (χ0n) is 36.4. The molecule has 2 rings (SSSR count). The van der Waals surface area contributed by atoms with Crippen LogP contribution in [0.1, 0.15) is 59.4 Å². The lowest BCUT2D eigenvalue weighted by molar-refractivity contribution is -0.384. The van der Waals surface area contributed by atoms with Gasteiger partial charge in [-0.3, -0.25) is 24.5 Å². The summed E-state index contributed by atoms with van der Waals surface area (Å²) in [6, 6.07) is 8.41. The number of hydrogen-bond acceptors (Lipinski definition) is 15. The first-order valence-electron chi connectivity index (χ1n) is 20.3. The zero-order valence-corrected chi connectivity index (χ0v) is 36.4. The second-order valence-corrected chi connectivity index (χ2v) is 15.0. The van der Waals surface area contributed by atoms with Crippen molar-refractivity contribution in [2.45, 2.75) is 78.2 Å². The molecule has 22 nitrogen and oxygen atoms in total. The normalized spacial score (nSPS) is 12.0. The minimum absolute atomic E-state index is 0.0301. The van der Waals surface area contributed by atoms with E-state index in [1.807, 2.05) is 0 Å². The maximum Gasteiger partial charge on any atom is 0.514 e. The Labute approximate surface area is 366 Å². The van der Waals surface area contributed by atoms with Crippen LogP contribution in [0.5, 0.6) is 5.75 Å². The van der Waals surface area contributed by atoms with Gasteiger partial charge in [-0.1, -0.05) is 26.0 Å². The molecule has 0 radical (unpaired) electrons. The third kappa shape index (κ3) is 24.8. The summed E-state index contributed by atoms with van der Waals surface area (Å²) in [5.41, 5.74) is 5.34. The van der Waals surface area contributed by atoms with Crippen LogP contribution in [0.3, 0.4) is 0 Å². The zero-order chi connectivity index (χ0) is 46.6. The van der Waals surface area contributed by atoms with Gasteiger partial charge in [0.2, 0.25) is 17.7 Å². The number of carbonyl (C=O) groups excluding carboxylic acids is 6. The van der Waals surface area contributed by atoms with Crippen molar-refractivity contribution in [1.29, 1.82) is 0 Å². The van der Waals surface area contributed by atoms with Gasteiger partial charge in [-0.2, -0.15) is 0 Å².